The fourth-order valence-corrected chi connectivity index (χ4v) is 3.86. The van der Waals surface area contributed by atoms with E-state index in [-0.39, 0.29) is 0 Å². The molecule has 3 nitrogen and oxygen atoms in total. The van der Waals surface area contributed by atoms with Crippen LogP contribution in [0.4, 0.5) is 0 Å². The molecule has 2 aromatic heterocycles. The molecule has 2 aromatic rings. The Morgan fingerprint density at radius 1 is 1.32 bits per heavy atom. The van der Waals surface area contributed by atoms with Crippen LogP contribution in [0.15, 0.2) is 17.5 Å². The van der Waals surface area contributed by atoms with Crippen molar-refractivity contribution in [2.45, 2.75) is 13.0 Å². The third-order valence-corrected chi connectivity index (χ3v) is 4.96. The molecule has 0 aliphatic carbocycles. The lowest BCUT2D eigenvalue weighted by Gasteiger charge is -2.15. The first-order chi connectivity index (χ1) is 9.29. The predicted molar refractivity (Wildman–Crippen MR) is 77.0 cm³/mol. The second-order valence-corrected chi connectivity index (χ2v) is 5.95. The Morgan fingerprint density at radius 2 is 2.16 bits per heavy atom. The van der Waals surface area contributed by atoms with E-state index in [1.165, 1.54) is 11.3 Å². The molecule has 1 atom stereocenters. The number of aliphatic hydroxyl groups excluding tert-OH is 1. The van der Waals surface area contributed by atoms with Crippen molar-refractivity contribution in [3.63, 3.8) is 0 Å². The summed E-state index contributed by atoms with van der Waals surface area (Å²) in [5.41, 5.74) is 0. The lowest BCUT2D eigenvalue weighted by Crippen LogP contribution is -2.14. The molecule has 0 spiro atoms. The average molecular weight is 292 g/mol. The van der Waals surface area contributed by atoms with Crippen LogP contribution in [0.3, 0.4) is 0 Å². The van der Waals surface area contributed by atoms with Gasteiger partial charge in [0.05, 0.1) is 4.88 Å². The lowest BCUT2D eigenvalue weighted by atomic mass is 10.3. The van der Waals surface area contributed by atoms with Crippen LogP contribution in [-0.2, 0) is 0 Å². The van der Waals surface area contributed by atoms with Gasteiger partial charge in [0.15, 0.2) is 11.5 Å². The molecule has 0 saturated heterocycles. The Balaban J connectivity index is 1.94. The zero-order chi connectivity index (χ0) is 13.2. The molecule has 0 fully saturated rings. The highest BCUT2D eigenvalue weighted by Crippen LogP contribution is 2.47. The fraction of sp³-hybridized carbons (Fsp3) is 0.286. The Morgan fingerprint density at radius 3 is 3.00 bits per heavy atom. The molecule has 98 valence electrons. The van der Waals surface area contributed by atoms with E-state index in [1.54, 1.807) is 18.3 Å². The number of rotatable bonds is 2. The maximum Gasteiger partial charge on any atom is 0.180 e. The molecule has 3 heterocycles. The smallest absolute Gasteiger partial charge is 0.180 e. The molecule has 0 amide bonds. The zero-order valence-corrected chi connectivity index (χ0v) is 11.9. The van der Waals surface area contributed by atoms with Crippen molar-refractivity contribution in [3.05, 3.63) is 22.4 Å². The average Bonchev–Trinajstić information content (AvgIpc) is 3.05. The first kappa shape index (κ1) is 12.5. The molecular formula is C14H12O3S2. The monoisotopic (exact) mass is 292 g/mol. The van der Waals surface area contributed by atoms with Gasteiger partial charge in [-0.05, 0) is 19.1 Å². The number of hydrogen-bond acceptors (Lipinski definition) is 5. The Labute approximate surface area is 119 Å². The van der Waals surface area contributed by atoms with Gasteiger partial charge in [0.2, 0.25) is 0 Å². The predicted octanol–water partition coefficient (Wildman–Crippen LogP) is 3.30. The minimum absolute atomic E-state index is 0.582. The van der Waals surface area contributed by atoms with Gasteiger partial charge in [0.1, 0.15) is 19.3 Å². The van der Waals surface area contributed by atoms with Crippen molar-refractivity contribution in [1.82, 2.24) is 0 Å². The molecule has 19 heavy (non-hydrogen) atoms. The lowest BCUT2D eigenvalue weighted by molar-refractivity contribution is 0.174. The molecule has 1 aliphatic heterocycles. The molecular weight excluding hydrogens is 280 g/mol. The van der Waals surface area contributed by atoms with E-state index in [4.69, 9.17) is 9.47 Å². The maximum absolute atomic E-state index is 9.85. The van der Waals surface area contributed by atoms with Crippen molar-refractivity contribution in [2.24, 2.45) is 0 Å². The Hall–Kier alpha value is -1.48. The highest BCUT2D eigenvalue weighted by Gasteiger charge is 2.21. The number of hydrogen-bond donors (Lipinski definition) is 1. The second kappa shape index (κ2) is 5.25. The summed E-state index contributed by atoms with van der Waals surface area (Å²) in [4.78, 5) is 2.98. The first-order valence-electron chi connectivity index (χ1n) is 5.87. The van der Waals surface area contributed by atoms with Crippen LogP contribution in [0.2, 0.25) is 0 Å². The number of ether oxygens (including phenoxy) is 2. The third kappa shape index (κ3) is 2.35. The highest BCUT2D eigenvalue weighted by atomic mass is 32.1. The van der Waals surface area contributed by atoms with E-state index >= 15 is 0 Å². The van der Waals surface area contributed by atoms with Crippen molar-refractivity contribution >= 4 is 22.7 Å². The van der Waals surface area contributed by atoms with Crippen LogP contribution < -0.4 is 9.47 Å². The summed E-state index contributed by atoms with van der Waals surface area (Å²) in [5, 5.41) is 11.8. The van der Waals surface area contributed by atoms with E-state index < -0.39 is 6.10 Å². The van der Waals surface area contributed by atoms with Crippen molar-refractivity contribution in [2.75, 3.05) is 13.2 Å². The minimum atomic E-state index is -0.711. The van der Waals surface area contributed by atoms with Crippen molar-refractivity contribution in [1.29, 1.82) is 0 Å². The zero-order valence-electron chi connectivity index (χ0n) is 10.3. The molecule has 0 saturated carbocycles. The largest absolute Gasteiger partial charge is 0.485 e. The molecule has 1 aliphatic rings. The molecule has 1 N–H and O–H groups in total. The summed E-state index contributed by atoms with van der Waals surface area (Å²) in [5.74, 6) is 7.11. The summed E-state index contributed by atoms with van der Waals surface area (Å²) in [6.07, 6.45) is -0.711. The topological polar surface area (TPSA) is 38.7 Å². The van der Waals surface area contributed by atoms with Crippen LogP contribution in [-0.4, -0.2) is 18.3 Å². The van der Waals surface area contributed by atoms with Crippen molar-refractivity contribution < 1.29 is 14.6 Å². The summed E-state index contributed by atoms with van der Waals surface area (Å²) < 4.78 is 11.2. The van der Waals surface area contributed by atoms with Gasteiger partial charge in [-0.15, -0.1) is 28.6 Å². The molecule has 0 bridgehead atoms. The summed E-state index contributed by atoms with van der Waals surface area (Å²) >= 11 is 3.13. The van der Waals surface area contributed by atoms with Crippen LogP contribution in [0.1, 0.15) is 17.9 Å². The minimum Gasteiger partial charge on any atom is -0.485 e. The Kier molecular flexibility index (Phi) is 3.47. The molecule has 0 aromatic carbocycles. The number of fused-ring (bicyclic) bond motifs is 1. The summed E-state index contributed by atoms with van der Waals surface area (Å²) in [6.45, 7) is 2.90. The summed E-state index contributed by atoms with van der Waals surface area (Å²) in [7, 11) is 0. The Bertz CT molecular complexity index is 645. The van der Waals surface area contributed by atoms with Gasteiger partial charge in [0, 0.05) is 15.1 Å². The van der Waals surface area contributed by atoms with Gasteiger partial charge >= 0.3 is 0 Å². The van der Waals surface area contributed by atoms with Crippen LogP contribution in [0.5, 0.6) is 11.5 Å². The van der Waals surface area contributed by atoms with Gasteiger partial charge in [-0.25, -0.2) is 0 Å². The van der Waals surface area contributed by atoms with E-state index in [2.05, 4.69) is 11.8 Å². The van der Waals surface area contributed by atoms with Crippen LogP contribution >= 0.6 is 22.7 Å². The van der Waals surface area contributed by atoms with Gasteiger partial charge in [-0.2, -0.15) is 0 Å². The molecule has 0 radical (unpaired) electrons. The van der Waals surface area contributed by atoms with Gasteiger partial charge < -0.3 is 14.6 Å². The quantitative estimate of drug-likeness (QED) is 0.863. The van der Waals surface area contributed by atoms with Gasteiger partial charge in [-0.3, -0.25) is 0 Å². The molecule has 5 heteroatoms. The normalized spacial score (nSPS) is 14.6. The summed E-state index contributed by atoms with van der Waals surface area (Å²) in [6, 6.07) is 3.90. The van der Waals surface area contributed by atoms with E-state index in [9.17, 15) is 5.11 Å². The van der Waals surface area contributed by atoms with Crippen molar-refractivity contribution in [3.8, 4) is 33.1 Å². The van der Waals surface area contributed by atoms with Crippen LogP contribution in [0, 0.1) is 11.8 Å². The maximum atomic E-state index is 9.85. The molecule has 3 rings (SSSR count). The highest BCUT2D eigenvalue weighted by molar-refractivity contribution is 7.21. The van der Waals surface area contributed by atoms with Gasteiger partial charge in [-0.1, -0.05) is 5.92 Å². The third-order valence-electron chi connectivity index (χ3n) is 2.70. The first-order valence-corrected chi connectivity index (χ1v) is 7.56. The van der Waals surface area contributed by atoms with E-state index in [0.29, 0.717) is 13.2 Å². The van der Waals surface area contributed by atoms with Crippen LogP contribution in [0.25, 0.3) is 9.75 Å². The van der Waals surface area contributed by atoms with E-state index in [0.717, 1.165) is 26.1 Å². The van der Waals surface area contributed by atoms with E-state index in [1.807, 2.05) is 17.5 Å². The standard InChI is InChI=1S/C14H12O3S2/c1-2-3-9(15)11-4-5-12(19-11)14-13-10(8-18-14)16-6-7-17-13/h4-5,8-9,15H,6-7H2,1H3. The number of thiophene rings is 2. The fourth-order valence-electron chi connectivity index (χ4n) is 1.86. The second-order valence-electron chi connectivity index (χ2n) is 3.95. The SMILES string of the molecule is CC#CC(O)c1ccc(-c2scc3c2OCCO3)s1. The molecule has 1 unspecified atom stereocenters. The van der Waals surface area contributed by atoms with Gasteiger partial charge in [0.25, 0.3) is 0 Å². The number of aliphatic hydroxyl groups is 1.